The average Bonchev–Trinajstić information content (AvgIpc) is 3.03. The Balaban J connectivity index is 1.67. The number of rotatable bonds is 4. The van der Waals surface area contributed by atoms with Crippen molar-refractivity contribution in [3.05, 3.63) is 45.2 Å². The van der Waals surface area contributed by atoms with Gasteiger partial charge in [-0.2, -0.15) is 4.98 Å². The molecule has 3 heterocycles. The van der Waals surface area contributed by atoms with Gasteiger partial charge in [-0.15, -0.1) is 11.3 Å². The summed E-state index contributed by atoms with van der Waals surface area (Å²) < 4.78 is 12.4. The van der Waals surface area contributed by atoms with Crippen LogP contribution in [0.5, 0.6) is 5.75 Å². The number of nitrogens with one attached hydrogen (secondary N) is 1. The lowest BCUT2D eigenvalue weighted by molar-refractivity contribution is -0.116. The first-order valence-electron chi connectivity index (χ1n) is 9.16. The van der Waals surface area contributed by atoms with Crippen LogP contribution in [0.2, 0.25) is 0 Å². The maximum Gasteiger partial charge on any atom is 0.351 e. The lowest BCUT2D eigenvalue weighted by atomic mass is 9.94. The molecule has 0 spiro atoms. The number of aromatic nitrogens is 2. The van der Waals surface area contributed by atoms with Crippen molar-refractivity contribution in [2.75, 3.05) is 18.2 Å². The van der Waals surface area contributed by atoms with Crippen LogP contribution in [0.1, 0.15) is 24.3 Å². The van der Waals surface area contributed by atoms with Gasteiger partial charge in [0.2, 0.25) is 5.91 Å². The van der Waals surface area contributed by atoms with Crippen LogP contribution in [0.25, 0.3) is 10.2 Å². The number of hydrogen-bond acceptors (Lipinski definition) is 7. The van der Waals surface area contributed by atoms with Crippen LogP contribution in [0, 0.1) is 0 Å². The standard InChI is InChI=1S/C20H22N4O4S/c1-20(2)8-13-14(10-28-20)29-18-16(13)17(21)23-19(26)24(18)9-15(25)22-11-4-6-12(27-3)7-5-11/h4-7H,8-10H2,1-3H3,(H,22,25)(H2,21,23,26). The Bertz CT molecular complexity index is 1150. The monoisotopic (exact) mass is 414 g/mol. The van der Waals surface area contributed by atoms with Crippen molar-refractivity contribution >= 4 is 39.0 Å². The minimum atomic E-state index is -0.543. The van der Waals surface area contributed by atoms with Gasteiger partial charge in [-0.3, -0.25) is 9.36 Å². The molecule has 0 fully saturated rings. The Hall–Kier alpha value is -2.91. The highest BCUT2D eigenvalue weighted by Crippen LogP contribution is 2.40. The van der Waals surface area contributed by atoms with Gasteiger partial charge in [0.05, 0.1) is 24.7 Å². The second-order valence-electron chi connectivity index (χ2n) is 7.55. The Morgan fingerprint density at radius 3 is 2.79 bits per heavy atom. The molecule has 1 amide bonds. The van der Waals surface area contributed by atoms with E-state index in [4.69, 9.17) is 15.2 Å². The normalized spacial score (nSPS) is 15.1. The highest BCUT2D eigenvalue weighted by Gasteiger charge is 2.31. The van der Waals surface area contributed by atoms with E-state index in [9.17, 15) is 9.59 Å². The third-order valence-electron chi connectivity index (χ3n) is 4.89. The lowest BCUT2D eigenvalue weighted by Crippen LogP contribution is -2.31. The maximum absolute atomic E-state index is 12.6. The number of amides is 1. The number of methoxy groups -OCH3 is 1. The van der Waals surface area contributed by atoms with Gasteiger partial charge in [0.25, 0.3) is 0 Å². The van der Waals surface area contributed by atoms with Crippen LogP contribution in [0.4, 0.5) is 11.5 Å². The van der Waals surface area contributed by atoms with Crippen LogP contribution in [-0.2, 0) is 29.1 Å². The Morgan fingerprint density at radius 1 is 1.38 bits per heavy atom. The summed E-state index contributed by atoms with van der Waals surface area (Å²) in [4.78, 5) is 30.7. The summed E-state index contributed by atoms with van der Waals surface area (Å²) in [7, 11) is 1.58. The van der Waals surface area contributed by atoms with Crippen molar-refractivity contribution in [2.45, 2.75) is 39.0 Å². The van der Waals surface area contributed by atoms with E-state index in [1.54, 1.807) is 31.4 Å². The third kappa shape index (κ3) is 3.70. The molecule has 2 aromatic heterocycles. The van der Waals surface area contributed by atoms with Crippen LogP contribution in [0.3, 0.4) is 0 Å². The third-order valence-corrected chi connectivity index (χ3v) is 6.12. The fourth-order valence-electron chi connectivity index (χ4n) is 3.46. The molecule has 3 N–H and O–H groups in total. The molecule has 0 bridgehead atoms. The number of carbonyl (C=O) groups excluding carboxylic acids is 1. The van der Waals surface area contributed by atoms with Crippen LogP contribution in [0.15, 0.2) is 29.1 Å². The quantitative estimate of drug-likeness (QED) is 0.679. The molecule has 29 heavy (non-hydrogen) atoms. The van der Waals surface area contributed by atoms with Crippen LogP contribution >= 0.6 is 11.3 Å². The highest BCUT2D eigenvalue weighted by atomic mass is 32.1. The summed E-state index contributed by atoms with van der Waals surface area (Å²) in [6.07, 6.45) is 0.671. The molecular formula is C20H22N4O4S. The number of carbonyl (C=O) groups is 1. The van der Waals surface area contributed by atoms with Gasteiger partial charge in [0.1, 0.15) is 22.9 Å². The zero-order chi connectivity index (χ0) is 20.8. The molecule has 0 saturated carbocycles. The summed E-state index contributed by atoms with van der Waals surface area (Å²) in [6, 6.07) is 6.97. The number of thiophene rings is 1. The molecule has 0 saturated heterocycles. The van der Waals surface area contributed by atoms with E-state index >= 15 is 0 Å². The fraction of sp³-hybridized carbons (Fsp3) is 0.350. The fourth-order valence-corrected chi connectivity index (χ4v) is 4.69. The second kappa shape index (κ2) is 7.16. The number of nitrogen functional groups attached to an aromatic ring is 1. The molecule has 3 aromatic rings. The zero-order valence-corrected chi connectivity index (χ0v) is 17.3. The number of ether oxygens (including phenoxy) is 2. The SMILES string of the molecule is COc1ccc(NC(=O)Cn2c(=O)nc(N)c3c4c(sc32)COC(C)(C)C4)cc1. The van der Waals surface area contributed by atoms with Crippen molar-refractivity contribution in [1.82, 2.24) is 9.55 Å². The predicted molar refractivity (Wildman–Crippen MR) is 112 cm³/mol. The predicted octanol–water partition coefficient (Wildman–Crippen LogP) is 2.54. The first-order chi connectivity index (χ1) is 13.8. The summed E-state index contributed by atoms with van der Waals surface area (Å²) >= 11 is 1.43. The smallest absolute Gasteiger partial charge is 0.351 e. The Kier molecular flexibility index (Phi) is 4.79. The molecule has 1 aromatic carbocycles. The van der Waals surface area contributed by atoms with E-state index < -0.39 is 5.69 Å². The van der Waals surface area contributed by atoms with E-state index in [0.717, 1.165) is 15.8 Å². The first kappa shape index (κ1) is 19.4. The second-order valence-corrected chi connectivity index (χ2v) is 8.64. The summed E-state index contributed by atoms with van der Waals surface area (Å²) in [6.45, 7) is 4.33. The zero-order valence-electron chi connectivity index (χ0n) is 16.4. The summed E-state index contributed by atoms with van der Waals surface area (Å²) in [5.41, 5.74) is 6.90. The largest absolute Gasteiger partial charge is 0.497 e. The van der Waals surface area contributed by atoms with Gasteiger partial charge in [-0.05, 0) is 43.7 Å². The minimum absolute atomic E-state index is 0.154. The molecule has 0 atom stereocenters. The van der Waals surface area contributed by atoms with Gasteiger partial charge in [-0.25, -0.2) is 4.79 Å². The number of fused-ring (bicyclic) bond motifs is 3. The van der Waals surface area contributed by atoms with Crippen LogP contribution < -0.4 is 21.5 Å². The van der Waals surface area contributed by atoms with E-state index in [1.807, 2.05) is 13.8 Å². The molecular weight excluding hydrogens is 392 g/mol. The molecule has 8 nitrogen and oxygen atoms in total. The highest BCUT2D eigenvalue weighted by molar-refractivity contribution is 7.19. The van der Waals surface area contributed by atoms with Gasteiger partial charge in [0.15, 0.2) is 0 Å². The van der Waals surface area contributed by atoms with E-state index in [2.05, 4.69) is 10.3 Å². The number of nitrogens with zero attached hydrogens (tertiary/aromatic N) is 2. The number of anilines is 2. The maximum atomic E-state index is 12.6. The lowest BCUT2D eigenvalue weighted by Gasteiger charge is -2.30. The molecule has 9 heteroatoms. The van der Waals surface area contributed by atoms with Crippen molar-refractivity contribution < 1.29 is 14.3 Å². The topological polar surface area (TPSA) is 108 Å². The van der Waals surface area contributed by atoms with Gasteiger partial charge >= 0.3 is 5.69 Å². The van der Waals surface area contributed by atoms with Crippen LogP contribution in [-0.4, -0.2) is 28.2 Å². The molecule has 152 valence electrons. The first-order valence-corrected chi connectivity index (χ1v) is 9.97. The molecule has 4 rings (SSSR count). The number of benzene rings is 1. The summed E-state index contributed by atoms with van der Waals surface area (Å²) in [5.74, 6) is 0.568. The van der Waals surface area contributed by atoms with Crippen molar-refractivity contribution in [2.24, 2.45) is 0 Å². The van der Waals surface area contributed by atoms with Crippen molar-refractivity contribution in [1.29, 1.82) is 0 Å². The summed E-state index contributed by atoms with van der Waals surface area (Å²) in [5, 5.41) is 3.54. The van der Waals surface area contributed by atoms with Crippen molar-refractivity contribution in [3.63, 3.8) is 0 Å². The van der Waals surface area contributed by atoms with E-state index in [-0.39, 0.29) is 23.9 Å². The molecule has 1 aliphatic rings. The molecule has 0 unspecified atom stereocenters. The van der Waals surface area contributed by atoms with Crippen molar-refractivity contribution in [3.8, 4) is 5.75 Å². The van der Waals surface area contributed by atoms with E-state index in [0.29, 0.717) is 29.3 Å². The Labute approximate surface area is 171 Å². The van der Waals surface area contributed by atoms with Gasteiger partial charge in [0, 0.05) is 17.0 Å². The number of hydrogen-bond donors (Lipinski definition) is 2. The van der Waals surface area contributed by atoms with E-state index in [1.165, 1.54) is 15.9 Å². The van der Waals surface area contributed by atoms with Gasteiger partial charge < -0.3 is 20.5 Å². The minimum Gasteiger partial charge on any atom is -0.497 e. The number of nitrogens with two attached hydrogens (primary N) is 1. The molecule has 0 aliphatic carbocycles. The molecule has 0 radical (unpaired) electrons. The Morgan fingerprint density at radius 2 is 2.10 bits per heavy atom. The van der Waals surface area contributed by atoms with Gasteiger partial charge in [-0.1, -0.05) is 0 Å². The average molecular weight is 414 g/mol. The molecule has 1 aliphatic heterocycles.